The Kier molecular flexibility index (Phi) is 2.20. The number of hydrogen-bond donors (Lipinski definition) is 1. The summed E-state index contributed by atoms with van der Waals surface area (Å²) in [4.78, 5) is 8.23. The van der Waals surface area contributed by atoms with Crippen LogP contribution in [0.15, 0.2) is 23.1 Å². The van der Waals surface area contributed by atoms with E-state index in [0.29, 0.717) is 11.8 Å². The molecule has 0 saturated carbocycles. The van der Waals surface area contributed by atoms with Crippen LogP contribution in [-0.2, 0) is 0 Å². The summed E-state index contributed by atoms with van der Waals surface area (Å²) in [6.45, 7) is 1.93. The van der Waals surface area contributed by atoms with Gasteiger partial charge >= 0.3 is 0 Å². The molecule has 5 nitrogen and oxygen atoms in total. The van der Waals surface area contributed by atoms with Gasteiger partial charge in [0.15, 0.2) is 5.82 Å². The van der Waals surface area contributed by atoms with E-state index in [9.17, 15) is 0 Å². The van der Waals surface area contributed by atoms with Crippen molar-refractivity contribution in [1.29, 1.82) is 0 Å². The number of aryl methyl sites for hydroxylation is 1. The van der Waals surface area contributed by atoms with Crippen molar-refractivity contribution in [1.82, 2.24) is 19.7 Å². The molecule has 0 fully saturated rings. The molecule has 0 aliphatic rings. The highest BCUT2D eigenvalue weighted by atomic mass is 79.9. The topological polar surface area (TPSA) is 69.6 Å². The fourth-order valence-electron chi connectivity index (χ4n) is 0.973. The Morgan fingerprint density at radius 2 is 2.00 bits per heavy atom. The number of aromatic nitrogens is 4. The first kappa shape index (κ1) is 9.14. The molecule has 0 aliphatic carbocycles. The van der Waals surface area contributed by atoms with Crippen molar-refractivity contribution in [2.75, 3.05) is 5.73 Å². The van der Waals surface area contributed by atoms with E-state index in [1.54, 1.807) is 18.6 Å². The first-order valence-electron chi connectivity index (χ1n) is 3.96. The van der Waals surface area contributed by atoms with Gasteiger partial charge in [-0.2, -0.15) is 0 Å². The van der Waals surface area contributed by atoms with Crippen molar-refractivity contribution < 1.29 is 0 Å². The van der Waals surface area contributed by atoms with Crippen LogP contribution in [0.25, 0.3) is 5.95 Å². The van der Waals surface area contributed by atoms with Gasteiger partial charge in [0.2, 0.25) is 0 Å². The first-order chi connectivity index (χ1) is 6.66. The maximum absolute atomic E-state index is 5.57. The molecule has 0 radical (unpaired) electrons. The molecule has 14 heavy (non-hydrogen) atoms. The molecule has 6 heteroatoms. The Balaban J connectivity index is 2.44. The minimum atomic E-state index is 0.425. The molecule has 0 spiro atoms. The van der Waals surface area contributed by atoms with Gasteiger partial charge in [0.1, 0.15) is 0 Å². The van der Waals surface area contributed by atoms with Crippen molar-refractivity contribution >= 4 is 21.7 Å². The highest BCUT2D eigenvalue weighted by Gasteiger charge is 2.05. The van der Waals surface area contributed by atoms with Crippen LogP contribution in [0.3, 0.4) is 0 Å². The summed E-state index contributed by atoms with van der Waals surface area (Å²) in [6, 6.07) is 0. The minimum absolute atomic E-state index is 0.425. The SMILES string of the molecule is Cc1cnc(-n2cc(Br)c(N)n2)nc1. The second-order valence-corrected chi connectivity index (χ2v) is 3.72. The molecule has 0 saturated heterocycles. The molecule has 2 aromatic rings. The molecule has 0 unspecified atom stereocenters. The normalized spacial score (nSPS) is 10.4. The van der Waals surface area contributed by atoms with Crippen LogP contribution in [0, 0.1) is 6.92 Å². The summed E-state index contributed by atoms with van der Waals surface area (Å²) in [5.41, 5.74) is 6.58. The number of rotatable bonds is 1. The average Bonchev–Trinajstić information content (AvgIpc) is 2.48. The molecule has 2 heterocycles. The van der Waals surface area contributed by atoms with E-state index < -0.39 is 0 Å². The van der Waals surface area contributed by atoms with Gasteiger partial charge in [0.05, 0.1) is 10.7 Å². The van der Waals surface area contributed by atoms with Crippen LogP contribution in [0.1, 0.15) is 5.56 Å². The highest BCUT2D eigenvalue weighted by molar-refractivity contribution is 9.10. The molecule has 2 rings (SSSR count). The molecule has 0 atom stereocenters. The predicted octanol–water partition coefficient (Wildman–Crippen LogP) is 1.32. The second kappa shape index (κ2) is 3.38. The maximum atomic E-state index is 5.57. The summed E-state index contributed by atoms with van der Waals surface area (Å²) in [6.07, 6.45) is 5.18. The number of anilines is 1. The van der Waals surface area contributed by atoms with Crippen LogP contribution in [0.4, 0.5) is 5.82 Å². The largest absolute Gasteiger partial charge is 0.381 e. The zero-order valence-corrected chi connectivity index (χ0v) is 9.06. The lowest BCUT2D eigenvalue weighted by Crippen LogP contribution is -2.01. The van der Waals surface area contributed by atoms with Crippen molar-refractivity contribution in [2.24, 2.45) is 0 Å². The summed E-state index contributed by atoms with van der Waals surface area (Å²) in [7, 11) is 0. The average molecular weight is 254 g/mol. The Hall–Kier alpha value is -1.43. The van der Waals surface area contributed by atoms with E-state index >= 15 is 0 Å². The smallest absolute Gasteiger partial charge is 0.250 e. The number of hydrogen-bond acceptors (Lipinski definition) is 4. The molecule has 0 aromatic carbocycles. The lowest BCUT2D eigenvalue weighted by atomic mass is 10.4. The molecular weight excluding hydrogens is 246 g/mol. The Morgan fingerprint density at radius 1 is 1.36 bits per heavy atom. The fraction of sp³-hybridized carbons (Fsp3) is 0.125. The number of nitrogens with two attached hydrogens (primary N) is 1. The van der Waals surface area contributed by atoms with Gasteiger partial charge in [-0.15, -0.1) is 5.10 Å². The number of nitrogens with zero attached hydrogens (tertiary/aromatic N) is 4. The summed E-state index contributed by atoms with van der Waals surface area (Å²) in [5.74, 6) is 0.933. The van der Waals surface area contributed by atoms with Crippen molar-refractivity contribution in [3.63, 3.8) is 0 Å². The highest BCUT2D eigenvalue weighted by Crippen LogP contribution is 2.17. The third-order valence-electron chi connectivity index (χ3n) is 1.67. The molecule has 0 bridgehead atoms. The zero-order valence-electron chi connectivity index (χ0n) is 7.48. The second-order valence-electron chi connectivity index (χ2n) is 2.87. The lowest BCUT2D eigenvalue weighted by Gasteiger charge is -1.97. The van der Waals surface area contributed by atoms with Crippen molar-refractivity contribution in [2.45, 2.75) is 6.92 Å². The van der Waals surface area contributed by atoms with Gasteiger partial charge in [-0.25, -0.2) is 14.6 Å². The van der Waals surface area contributed by atoms with E-state index in [1.165, 1.54) is 4.68 Å². The third-order valence-corrected chi connectivity index (χ3v) is 2.28. The van der Waals surface area contributed by atoms with Gasteiger partial charge in [-0.05, 0) is 28.4 Å². The first-order valence-corrected chi connectivity index (χ1v) is 4.76. The summed E-state index contributed by atoms with van der Waals surface area (Å²) in [5, 5.41) is 4.03. The van der Waals surface area contributed by atoms with Gasteiger partial charge in [-0.3, -0.25) is 0 Å². The molecule has 2 aromatic heterocycles. The van der Waals surface area contributed by atoms with Gasteiger partial charge < -0.3 is 5.73 Å². The summed E-state index contributed by atoms with van der Waals surface area (Å²) >= 11 is 3.26. The monoisotopic (exact) mass is 253 g/mol. The van der Waals surface area contributed by atoms with Crippen molar-refractivity contribution in [3.05, 3.63) is 28.6 Å². The van der Waals surface area contributed by atoms with Crippen LogP contribution >= 0.6 is 15.9 Å². The van der Waals surface area contributed by atoms with Crippen LogP contribution in [0.5, 0.6) is 0 Å². The molecule has 0 aliphatic heterocycles. The number of halogens is 1. The molecule has 0 amide bonds. The predicted molar refractivity (Wildman–Crippen MR) is 56.0 cm³/mol. The lowest BCUT2D eigenvalue weighted by molar-refractivity contribution is 0.809. The van der Waals surface area contributed by atoms with Crippen LogP contribution in [-0.4, -0.2) is 19.7 Å². The maximum Gasteiger partial charge on any atom is 0.250 e. The quantitative estimate of drug-likeness (QED) is 0.833. The molecular formula is C8H8BrN5. The van der Waals surface area contributed by atoms with E-state index in [0.717, 1.165) is 10.0 Å². The zero-order chi connectivity index (χ0) is 10.1. The Bertz CT molecular complexity index is 428. The van der Waals surface area contributed by atoms with E-state index in [-0.39, 0.29) is 0 Å². The van der Waals surface area contributed by atoms with Gasteiger partial charge in [0.25, 0.3) is 5.95 Å². The Labute approximate surface area is 89.1 Å². The minimum Gasteiger partial charge on any atom is -0.381 e. The standard InChI is InChI=1S/C8H8BrN5/c1-5-2-11-8(12-3-5)14-4-6(9)7(10)13-14/h2-4H,1H3,(H2,10,13). The van der Waals surface area contributed by atoms with Gasteiger partial charge in [-0.1, -0.05) is 0 Å². The molecule has 72 valence electrons. The van der Waals surface area contributed by atoms with E-state index in [4.69, 9.17) is 5.73 Å². The Morgan fingerprint density at radius 3 is 2.50 bits per heavy atom. The third kappa shape index (κ3) is 1.60. The van der Waals surface area contributed by atoms with E-state index in [1.807, 2.05) is 6.92 Å². The summed E-state index contributed by atoms with van der Waals surface area (Å²) < 4.78 is 2.26. The fourth-order valence-corrected chi connectivity index (χ4v) is 1.25. The number of nitrogen functional groups attached to an aromatic ring is 1. The van der Waals surface area contributed by atoms with Gasteiger partial charge in [0, 0.05) is 12.4 Å². The van der Waals surface area contributed by atoms with Crippen LogP contribution in [0.2, 0.25) is 0 Å². The van der Waals surface area contributed by atoms with Crippen molar-refractivity contribution in [3.8, 4) is 5.95 Å². The van der Waals surface area contributed by atoms with Crippen LogP contribution < -0.4 is 5.73 Å². The molecule has 2 N–H and O–H groups in total. The van der Waals surface area contributed by atoms with E-state index in [2.05, 4.69) is 31.0 Å².